The topological polar surface area (TPSA) is 50.2 Å². The molecule has 5 rings (SSSR count). The number of halogens is 3. The van der Waals surface area contributed by atoms with Crippen LogP contribution in [-0.4, -0.2) is 15.5 Å². The van der Waals surface area contributed by atoms with Crippen molar-refractivity contribution in [3.05, 3.63) is 114 Å². The number of hydrogen-bond acceptors (Lipinski definition) is 4. The van der Waals surface area contributed by atoms with Gasteiger partial charge in [0.15, 0.2) is 0 Å². The lowest BCUT2D eigenvalue weighted by atomic mass is 9.85. The monoisotopic (exact) mass is 564 g/mol. The zero-order valence-electron chi connectivity index (χ0n) is 22.4. The lowest BCUT2D eigenvalue weighted by Crippen LogP contribution is -2.33. The largest absolute Gasteiger partial charge is 0.337 e. The van der Waals surface area contributed by atoms with E-state index in [2.05, 4.69) is 9.71 Å². The molecule has 9 heteroatoms. The Balaban J connectivity index is 1.46. The van der Waals surface area contributed by atoms with Gasteiger partial charge in [-0.1, -0.05) is 49.4 Å². The summed E-state index contributed by atoms with van der Waals surface area (Å²) in [6.45, 7) is 2.21. The van der Waals surface area contributed by atoms with E-state index in [1.165, 1.54) is 30.1 Å². The highest BCUT2D eigenvalue weighted by molar-refractivity contribution is 7.97. The van der Waals surface area contributed by atoms with Gasteiger partial charge in [0.1, 0.15) is 11.6 Å². The number of benzene rings is 3. The van der Waals surface area contributed by atoms with Gasteiger partial charge in [-0.05, 0) is 65.7 Å². The van der Waals surface area contributed by atoms with Gasteiger partial charge in [0.05, 0.1) is 6.54 Å². The predicted octanol–water partition coefficient (Wildman–Crippen LogP) is 7.51. The Kier molecular flexibility index (Phi) is 8.32. The first kappa shape index (κ1) is 28.0. The molecule has 4 aromatic rings. The number of alkyl halides is 2. The minimum Gasteiger partial charge on any atom is -0.337 e. The zero-order valence-corrected chi connectivity index (χ0v) is 23.2. The summed E-state index contributed by atoms with van der Waals surface area (Å²) in [6.07, 6.45) is 3.62. The molecular formula is C31H31F3N4OS. The second-order valence-corrected chi connectivity index (χ2v) is 11.1. The van der Waals surface area contributed by atoms with Crippen molar-refractivity contribution in [1.29, 1.82) is 0 Å². The van der Waals surface area contributed by atoms with Crippen molar-refractivity contribution in [2.24, 2.45) is 7.05 Å². The molecule has 40 heavy (non-hydrogen) atoms. The minimum absolute atomic E-state index is 0.0309. The van der Waals surface area contributed by atoms with Gasteiger partial charge in [0.2, 0.25) is 5.91 Å². The molecule has 1 heterocycles. The van der Waals surface area contributed by atoms with Crippen LogP contribution in [0, 0.1) is 5.82 Å². The van der Waals surface area contributed by atoms with Gasteiger partial charge in [-0.2, -0.15) is 0 Å². The van der Waals surface area contributed by atoms with Gasteiger partial charge in [-0.3, -0.25) is 9.52 Å². The van der Waals surface area contributed by atoms with Gasteiger partial charge in [0, 0.05) is 54.5 Å². The van der Waals surface area contributed by atoms with Crippen molar-refractivity contribution in [2.75, 3.05) is 4.90 Å². The third-order valence-electron chi connectivity index (χ3n) is 7.35. The number of fused-ring (bicyclic) bond motifs is 1. The van der Waals surface area contributed by atoms with Crippen LogP contribution in [0.25, 0.3) is 0 Å². The van der Waals surface area contributed by atoms with Crippen molar-refractivity contribution >= 4 is 23.5 Å². The molecule has 1 aliphatic rings. The van der Waals surface area contributed by atoms with Gasteiger partial charge in [0.25, 0.3) is 5.92 Å². The molecule has 0 aliphatic heterocycles. The van der Waals surface area contributed by atoms with Crippen molar-refractivity contribution in [3.8, 4) is 0 Å². The van der Waals surface area contributed by atoms with E-state index in [4.69, 9.17) is 0 Å². The molecule has 5 nitrogen and oxygen atoms in total. The van der Waals surface area contributed by atoms with E-state index in [-0.39, 0.29) is 49.0 Å². The van der Waals surface area contributed by atoms with Crippen molar-refractivity contribution < 1.29 is 18.0 Å². The standard InChI is InChI=1S/C31H31F3N4OS/c1-21(22-7-4-3-5-8-22)17-30(39)38(20-29-35-15-16-37(29)2)24-11-12-27-26(19-24)28(13-14-31(27,33)34)36-40-25-10-6-9-23(32)18-25/h3-12,15-16,18-19,21,28,36H,13-14,17,20H2,1-2H3/t21-,28+/m1/s1. The molecule has 0 bridgehead atoms. The van der Waals surface area contributed by atoms with E-state index in [9.17, 15) is 9.18 Å². The number of aromatic nitrogens is 2. The first-order chi connectivity index (χ1) is 19.2. The minimum atomic E-state index is -2.98. The molecule has 1 N–H and O–H groups in total. The molecule has 0 radical (unpaired) electrons. The van der Waals surface area contributed by atoms with Crippen LogP contribution in [0.5, 0.6) is 0 Å². The Morgan fingerprint density at radius 3 is 2.67 bits per heavy atom. The third kappa shape index (κ3) is 6.26. The highest BCUT2D eigenvalue weighted by atomic mass is 32.2. The predicted molar refractivity (Wildman–Crippen MR) is 152 cm³/mol. The number of amides is 1. The van der Waals surface area contributed by atoms with Crippen LogP contribution in [-0.2, 0) is 24.3 Å². The molecular weight excluding hydrogens is 533 g/mol. The van der Waals surface area contributed by atoms with Gasteiger partial charge in [-0.15, -0.1) is 0 Å². The number of imidazole rings is 1. The number of aryl methyl sites for hydroxylation is 1. The Labute approximate surface area is 236 Å². The van der Waals surface area contributed by atoms with Crippen molar-refractivity contribution in [3.63, 3.8) is 0 Å². The highest BCUT2D eigenvalue weighted by Gasteiger charge is 2.41. The molecule has 1 aromatic heterocycles. The molecule has 2 atom stereocenters. The summed E-state index contributed by atoms with van der Waals surface area (Å²) in [4.78, 5) is 20.4. The maximum atomic E-state index is 15.0. The lowest BCUT2D eigenvalue weighted by molar-refractivity contribution is -0.119. The summed E-state index contributed by atoms with van der Waals surface area (Å²) >= 11 is 1.21. The van der Waals surface area contributed by atoms with E-state index in [1.54, 1.807) is 35.4 Å². The molecule has 208 valence electrons. The molecule has 1 aliphatic carbocycles. The Morgan fingerprint density at radius 2 is 1.95 bits per heavy atom. The number of nitrogens with one attached hydrogen (secondary N) is 1. The van der Waals surface area contributed by atoms with E-state index in [0.717, 1.165) is 5.56 Å². The van der Waals surface area contributed by atoms with Crippen molar-refractivity contribution in [1.82, 2.24) is 14.3 Å². The zero-order chi connectivity index (χ0) is 28.3. The Bertz CT molecular complexity index is 1480. The molecule has 0 fully saturated rings. The summed E-state index contributed by atoms with van der Waals surface area (Å²) in [5.41, 5.74) is 1.97. The normalized spacial score (nSPS) is 16.8. The highest BCUT2D eigenvalue weighted by Crippen LogP contribution is 2.46. The molecule has 3 aromatic carbocycles. The second-order valence-electron chi connectivity index (χ2n) is 10.2. The summed E-state index contributed by atoms with van der Waals surface area (Å²) in [5.74, 6) is -2.82. The summed E-state index contributed by atoms with van der Waals surface area (Å²) < 4.78 is 48.8. The fourth-order valence-corrected chi connectivity index (χ4v) is 5.87. The van der Waals surface area contributed by atoms with E-state index in [1.807, 2.05) is 55.1 Å². The SMILES string of the molecule is C[C@H](CC(=O)N(Cc1nccn1C)c1ccc2c(c1)[C@@H](NSc1cccc(F)c1)CCC2(F)F)c1ccccc1. The fourth-order valence-electron chi connectivity index (χ4n) is 5.03. The maximum Gasteiger partial charge on any atom is 0.273 e. The quantitative estimate of drug-likeness (QED) is 0.214. The number of carbonyl (C=O) groups excluding carboxylic acids is 1. The number of nitrogens with zero attached hydrogens (tertiary/aromatic N) is 3. The van der Waals surface area contributed by atoms with Gasteiger partial charge in [-0.25, -0.2) is 18.2 Å². The first-order valence-corrected chi connectivity index (χ1v) is 14.0. The third-order valence-corrected chi connectivity index (χ3v) is 8.24. The molecule has 0 unspecified atom stereocenters. The van der Waals surface area contributed by atoms with Crippen LogP contribution in [0.15, 0.2) is 90.1 Å². The Hall–Kier alpha value is -3.56. The van der Waals surface area contributed by atoms with E-state index < -0.39 is 12.0 Å². The van der Waals surface area contributed by atoms with Crippen LogP contribution in [0.2, 0.25) is 0 Å². The number of anilines is 1. The van der Waals surface area contributed by atoms with Gasteiger partial charge >= 0.3 is 0 Å². The average Bonchev–Trinajstić information content (AvgIpc) is 3.35. The fraction of sp³-hybridized carbons (Fsp3) is 0.290. The first-order valence-electron chi connectivity index (χ1n) is 13.2. The number of carbonyl (C=O) groups is 1. The van der Waals surface area contributed by atoms with Crippen LogP contribution in [0.3, 0.4) is 0 Å². The molecule has 0 saturated heterocycles. The number of rotatable bonds is 9. The van der Waals surface area contributed by atoms with Crippen LogP contribution in [0.4, 0.5) is 18.9 Å². The second kappa shape index (κ2) is 11.9. The van der Waals surface area contributed by atoms with Crippen LogP contribution in [0.1, 0.15) is 60.7 Å². The summed E-state index contributed by atoms with van der Waals surface area (Å²) in [6, 6.07) is 20.3. The van der Waals surface area contributed by atoms with Gasteiger partial charge < -0.3 is 9.47 Å². The lowest BCUT2D eigenvalue weighted by Gasteiger charge is -2.33. The molecule has 0 spiro atoms. The summed E-state index contributed by atoms with van der Waals surface area (Å²) in [7, 11) is 1.86. The Morgan fingerprint density at radius 1 is 1.15 bits per heavy atom. The van der Waals surface area contributed by atoms with E-state index in [0.29, 0.717) is 22.0 Å². The number of hydrogen-bond donors (Lipinski definition) is 1. The molecule has 0 saturated carbocycles. The van der Waals surface area contributed by atoms with Crippen LogP contribution >= 0.6 is 11.9 Å². The smallest absolute Gasteiger partial charge is 0.273 e. The van der Waals surface area contributed by atoms with Crippen molar-refractivity contribution in [2.45, 2.75) is 55.5 Å². The van der Waals surface area contributed by atoms with E-state index >= 15 is 8.78 Å². The maximum absolute atomic E-state index is 15.0. The average molecular weight is 565 g/mol. The summed E-state index contributed by atoms with van der Waals surface area (Å²) in [5, 5.41) is 0. The molecule has 1 amide bonds. The van der Waals surface area contributed by atoms with Crippen LogP contribution < -0.4 is 9.62 Å².